The smallest absolute Gasteiger partial charge is 0.357 e. The number of amides is 2. The molecule has 1 unspecified atom stereocenters. The first kappa shape index (κ1) is 19.6. The van der Waals surface area contributed by atoms with Crippen molar-refractivity contribution in [3.05, 3.63) is 15.6 Å². The van der Waals surface area contributed by atoms with Crippen LogP contribution < -0.4 is 5.32 Å². The molecule has 0 radical (unpaired) electrons. The van der Waals surface area contributed by atoms with E-state index in [1.165, 1.54) is 18.4 Å². The highest BCUT2D eigenvalue weighted by Crippen LogP contribution is 2.36. The number of carbonyl (C=O) groups excluding carboxylic acids is 2. The molecule has 148 valence electrons. The van der Waals surface area contributed by atoms with E-state index < -0.39 is 11.9 Å². The molecule has 8 nitrogen and oxygen atoms in total. The maximum absolute atomic E-state index is 12.8. The molecule has 1 aromatic heterocycles. The Balaban J connectivity index is 1.63. The number of carbonyl (C=O) groups is 3. The van der Waals surface area contributed by atoms with Crippen LogP contribution in [0.25, 0.3) is 0 Å². The second kappa shape index (κ2) is 8.24. The Hall–Kier alpha value is -2.16. The molecule has 1 aromatic rings. The second-order valence-electron chi connectivity index (χ2n) is 7.14. The van der Waals surface area contributed by atoms with Gasteiger partial charge in [-0.05, 0) is 45.4 Å². The van der Waals surface area contributed by atoms with E-state index in [0.29, 0.717) is 37.9 Å². The number of nitrogens with zero attached hydrogens (tertiary/aromatic N) is 2. The summed E-state index contributed by atoms with van der Waals surface area (Å²) in [5.41, 5.74) is 0.316. The Morgan fingerprint density at radius 3 is 2.56 bits per heavy atom. The Kier molecular flexibility index (Phi) is 5.98. The van der Waals surface area contributed by atoms with Gasteiger partial charge in [0.15, 0.2) is 5.69 Å². The zero-order valence-electron chi connectivity index (χ0n) is 15.6. The topological polar surface area (TPSA) is 109 Å². The Morgan fingerprint density at radius 2 is 1.93 bits per heavy atom. The number of hydrogen-bond acceptors (Lipinski definition) is 6. The van der Waals surface area contributed by atoms with Gasteiger partial charge in [0.25, 0.3) is 0 Å². The second-order valence-corrected chi connectivity index (χ2v) is 8.37. The van der Waals surface area contributed by atoms with Crippen molar-refractivity contribution < 1.29 is 24.2 Å². The van der Waals surface area contributed by atoms with Crippen LogP contribution in [0, 0.1) is 12.8 Å². The van der Waals surface area contributed by atoms with Crippen LogP contribution in [-0.2, 0) is 9.53 Å². The van der Waals surface area contributed by atoms with E-state index in [2.05, 4.69) is 10.3 Å². The molecule has 27 heavy (non-hydrogen) atoms. The number of nitrogens with one attached hydrogen (secondary N) is 1. The molecular weight excluding hydrogens is 370 g/mol. The molecule has 9 heteroatoms. The SMILES string of the molecule is COC(=O)c1nc(C2CCCN2C(=O)NC2CCC(C(=O)O)CC2)sc1C. The standard InChI is InChI=1S/C18H25N3O5S/c1-10-14(17(24)26-2)20-15(27-10)13-4-3-9-21(13)18(25)19-12-7-5-11(6-8-12)16(22)23/h11-13H,3-9H2,1-2H3,(H,19,25)(H,22,23). The number of thiazole rings is 1. The fraction of sp³-hybridized carbons (Fsp3) is 0.667. The van der Waals surface area contributed by atoms with Crippen molar-refractivity contribution in [2.45, 2.75) is 57.5 Å². The largest absolute Gasteiger partial charge is 0.481 e. The van der Waals surface area contributed by atoms with Gasteiger partial charge >= 0.3 is 18.0 Å². The third kappa shape index (κ3) is 4.23. The highest BCUT2D eigenvalue weighted by molar-refractivity contribution is 7.12. The number of esters is 1. The highest BCUT2D eigenvalue weighted by atomic mass is 32.1. The molecule has 1 saturated carbocycles. The third-order valence-corrected chi connectivity index (χ3v) is 6.47. The number of rotatable bonds is 4. The molecule has 1 saturated heterocycles. The Bertz CT molecular complexity index is 727. The van der Waals surface area contributed by atoms with Crippen molar-refractivity contribution in [1.29, 1.82) is 0 Å². The maximum Gasteiger partial charge on any atom is 0.357 e. The first-order chi connectivity index (χ1) is 12.9. The van der Waals surface area contributed by atoms with E-state index in [9.17, 15) is 14.4 Å². The van der Waals surface area contributed by atoms with E-state index in [1.54, 1.807) is 4.90 Å². The molecular formula is C18H25N3O5S. The van der Waals surface area contributed by atoms with E-state index in [0.717, 1.165) is 22.7 Å². The number of hydrogen-bond donors (Lipinski definition) is 2. The minimum absolute atomic E-state index is 0.0120. The van der Waals surface area contributed by atoms with Gasteiger partial charge in [-0.2, -0.15) is 0 Å². The molecule has 2 amide bonds. The lowest BCUT2D eigenvalue weighted by Crippen LogP contribution is -2.46. The number of methoxy groups -OCH3 is 1. The van der Waals surface area contributed by atoms with Crippen molar-refractivity contribution >= 4 is 29.3 Å². The molecule has 2 aliphatic rings. The van der Waals surface area contributed by atoms with Crippen molar-refractivity contribution in [3.8, 4) is 0 Å². The molecule has 3 rings (SSSR count). The van der Waals surface area contributed by atoms with Gasteiger partial charge in [0.05, 0.1) is 19.1 Å². The summed E-state index contributed by atoms with van der Waals surface area (Å²) in [5, 5.41) is 12.9. The fourth-order valence-corrected chi connectivity index (χ4v) is 4.91. The van der Waals surface area contributed by atoms with Crippen LogP contribution in [0.5, 0.6) is 0 Å². The predicted octanol–water partition coefficient (Wildman–Crippen LogP) is 2.73. The van der Waals surface area contributed by atoms with Crippen LogP contribution in [0.2, 0.25) is 0 Å². The highest BCUT2D eigenvalue weighted by Gasteiger charge is 2.35. The lowest BCUT2D eigenvalue weighted by Gasteiger charge is -2.30. The van der Waals surface area contributed by atoms with Gasteiger partial charge in [-0.15, -0.1) is 11.3 Å². The number of urea groups is 1. The lowest BCUT2D eigenvalue weighted by atomic mass is 9.86. The van der Waals surface area contributed by atoms with E-state index in [4.69, 9.17) is 9.84 Å². The molecule has 0 bridgehead atoms. The van der Waals surface area contributed by atoms with Gasteiger partial charge in [0.2, 0.25) is 0 Å². The zero-order valence-corrected chi connectivity index (χ0v) is 16.4. The first-order valence-corrected chi connectivity index (χ1v) is 10.1. The monoisotopic (exact) mass is 395 g/mol. The van der Waals surface area contributed by atoms with Crippen molar-refractivity contribution in [2.24, 2.45) is 5.92 Å². The number of likely N-dealkylation sites (tertiary alicyclic amines) is 1. The van der Waals surface area contributed by atoms with Crippen LogP contribution in [0.3, 0.4) is 0 Å². The van der Waals surface area contributed by atoms with E-state index >= 15 is 0 Å². The molecule has 1 aliphatic carbocycles. The van der Waals surface area contributed by atoms with Gasteiger partial charge in [-0.25, -0.2) is 14.6 Å². The normalized spacial score (nSPS) is 25.3. The quantitative estimate of drug-likeness (QED) is 0.759. The zero-order chi connectivity index (χ0) is 19.6. The number of aliphatic carboxylic acids is 1. The van der Waals surface area contributed by atoms with Crippen LogP contribution in [0.4, 0.5) is 4.79 Å². The molecule has 2 heterocycles. The number of carboxylic acids is 1. The Morgan fingerprint density at radius 1 is 1.22 bits per heavy atom. The number of aromatic nitrogens is 1. The molecule has 0 aromatic carbocycles. The van der Waals surface area contributed by atoms with Crippen molar-refractivity contribution in [1.82, 2.24) is 15.2 Å². The number of carboxylic acid groups (broad SMARTS) is 1. The van der Waals surface area contributed by atoms with Gasteiger partial charge < -0.3 is 20.1 Å². The average Bonchev–Trinajstić information content (AvgIpc) is 3.28. The summed E-state index contributed by atoms with van der Waals surface area (Å²) in [6.07, 6.45) is 4.26. The average molecular weight is 395 g/mol. The molecule has 1 aliphatic heterocycles. The Labute approximate surface area is 161 Å². The van der Waals surface area contributed by atoms with Crippen LogP contribution in [-0.4, -0.2) is 52.7 Å². The van der Waals surface area contributed by atoms with E-state index in [1.807, 2.05) is 6.92 Å². The van der Waals surface area contributed by atoms with Crippen LogP contribution in [0.1, 0.15) is 64.9 Å². The van der Waals surface area contributed by atoms with Crippen molar-refractivity contribution in [2.75, 3.05) is 13.7 Å². The minimum atomic E-state index is -0.750. The summed E-state index contributed by atoms with van der Waals surface area (Å²) in [7, 11) is 1.33. The summed E-state index contributed by atoms with van der Waals surface area (Å²) in [5.74, 6) is -1.51. The summed E-state index contributed by atoms with van der Waals surface area (Å²) < 4.78 is 4.76. The lowest BCUT2D eigenvalue weighted by molar-refractivity contribution is -0.142. The van der Waals surface area contributed by atoms with Crippen LogP contribution >= 0.6 is 11.3 Å². The molecule has 1 atom stereocenters. The third-order valence-electron chi connectivity index (χ3n) is 5.39. The number of aryl methyl sites for hydroxylation is 1. The minimum Gasteiger partial charge on any atom is -0.481 e. The van der Waals surface area contributed by atoms with Crippen LogP contribution in [0.15, 0.2) is 0 Å². The molecule has 0 spiro atoms. The maximum atomic E-state index is 12.8. The van der Waals surface area contributed by atoms with Gasteiger partial charge in [-0.1, -0.05) is 0 Å². The van der Waals surface area contributed by atoms with Gasteiger partial charge in [0, 0.05) is 17.5 Å². The predicted molar refractivity (Wildman–Crippen MR) is 98.8 cm³/mol. The molecule has 2 fully saturated rings. The summed E-state index contributed by atoms with van der Waals surface area (Å²) in [4.78, 5) is 42.6. The molecule has 2 N–H and O–H groups in total. The summed E-state index contributed by atoms with van der Waals surface area (Å²) >= 11 is 1.43. The number of ether oxygens (including phenoxy) is 1. The van der Waals surface area contributed by atoms with Crippen molar-refractivity contribution in [3.63, 3.8) is 0 Å². The van der Waals surface area contributed by atoms with Gasteiger partial charge in [-0.3, -0.25) is 4.79 Å². The summed E-state index contributed by atoms with van der Waals surface area (Å²) in [6, 6.07) is -0.260. The van der Waals surface area contributed by atoms with E-state index in [-0.39, 0.29) is 24.0 Å². The first-order valence-electron chi connectivity index (χ1n) is 9.26. The summed E-state index contributed by atoms with van der Waals surface area (Å²) in [6.45, 7) is 2.47. The fourth-order valence-electron chi connectivity index (χ4n) is 3.85. The van der Waals surface area contributed by atoms with Gasteiger partial charge in [0.1, 0.15) is 5.01 Å².